The van der Waals surface area contributed by atoms with Crippen LogP contribution in [0.1, 0.15) is 10.4 Å². The molecule has 28 heavy (non-hydrogen) atoms. The lowest BCUT2D eigenvalue weighted by molar-refractivity contribution is 0.187. The second-order valence-electron chi connectivity index (χ2n) is 7.02. The van der Waals surface area contributed by atoms with Crippen molar-refractivity contribution in [2.24, 2.45) is 0 Å². The average Bonchev–Trinajstić information content (AvgIpc) is 3.19. The number of benzene rings is 2. The van der Waals surface area contributed by atoms with Gasteiger partial charge in [-0.15, -0.1) is 11.3 Å². The van der Waals surface area contributed by atoms with Crippen molar-refractivity contribution in [3.8, 4) is 11.3 Å². The Morgan fingerprint density at radius 3 is 2.64 bits per heavy atom. The first-order chi connectivity index (χ1) is 13.7. The van der Waals surface area contributed by atoms with Gasteiger partial charge < -0.3 is 0 Å². The number of aromatic nitrogens is 2. The summed E-state index contributed by atoms with van der Waals surface area (Å²) >= 11 is 5.31. The molecule has 140 valence electrons. The third-order valence-corrected chi connectivity index (χ3v) is 6.76. The number of hydrogen-bond acceptors (Lipinski definition) is 4. The molecule has 0 radical (unpaired) electrons. The van der Waals surface area contributed by atoms with Crippen LogP contribution in [0.5, 0.6) is 0 Å². The molecule has 0 aliphatic carbocycles. The van der Waals surface area contributed by atoms with Crippen molar-refractivity contribution in [1.82, 2.24) is 14.7 Å². The van der Waals surface area contributed by atoms with E-state index in [1.165, 1.54) is 10.4 Å². The lowest BCUT2D eigenvalue weighted by Crippen LogP contribution is -2.37. The molecule has 3 heterocycles. The highest BCUT2D eigenvalue weighted by Crippen LogP contribution is 2.27. The molecule has 0 bridgehead atoms. The zero-order chi connectivity index (χ0) is 19.1. The molecule has 0 saturated heterocycles. The first kappa shape index (κ1) is 17.8. The first-order valence-electron chi connectivity index (χ1n) is 9.22. The van der Waals surface area contributed by atoms with Crippen LogP contribution in [-0.4, -0.2) is 21.2 Å². The molecule has 0 spiro atoms. The van der Waals surface area contributed by atoms with Gasteiger partial charge in [0.25, 0.3) is 5.56 Å². The van der Waals surface area contributed by atoms with Gasteiger partial charge in [0.1, 0.15) is 0 Å². The van der Waals surface area contributed by atoms with E-state index in [0.29, 0.717) is 12.1 Å². The summed E-state index contributed by atoms with van der Waals surface area (Å²) in [7, 11) is 0. The minimum atomic E-state index is -0.0347. The van der Waals surface area contributed by atoms with Crippen molar-refractivity contribution in [1.29, 1.82) is 0 Å². The molecule has 6 heteroatoms. The molecule has 1 aliphatic heterocycles. The minimum Gasteiger partial charge on any atom is -0.280 e. The summed E-state index contributed by atoms with van der Waals surface area (Å²) in [6.07, 6.45) is 1.04. The molecule has 0 atom stereocenters. The smallest absolute Gasteiger partial charge is 0.275 e. The summed E-state index contributed by atoms with van der Waals surface area (Å²) in [6, 6.07) is 18.0. The summed E-state index contributed by atoms with van der Waals surface area (Å²) < 4.78 is 2.64. The molecule has 0 unspecified atom stereocenters. The third kappa shape index (κ3) is 3.21. The number of halogens is 1. The maximum absolute atomic E-state index is 13.1. The Kier molecular flexibility index (Phi) is 4.62. The van der Waals surface area contributed by atoms with Crippen LogP contribution in [0.2, 0.25) is 0 Å². The topological polar surface area (TPSA) is 38.1 Å². The molecule has 1 aliphatic rings. The predicted molar refractivity (Wildman–Crippen MR) is 118 cm³/mol. The van der Waals surface area contributed by atoms with Gasteiger partial charge in [-0.2, -0.15) is 5.10 Å². The van der Waals surface area contributed by atoms with Crippen LogP contribution < -0.4 is 5.56 Å². The molecule has 4 aromatic rings. The van der Waals surface area contributed by atoms with Crippen LogP contribution >= 0.6 is 27.3 Å². The van der Waals surface area contributed by atoms with Crippen molar-refractivity contribution >= 4 is 38.0 Å². The fourth-order valence-corrected chi connectivity index (χ4v) is 4.92. The zero-order valence-electron chi connectivity index (χ0n) is 15.1. The highest BCUT2D eigenvalue weighted by Gasteiger charge is 2.19. The Balaban J connectivity index is 1.58. The van der Waals surface area contributed by atoms with Crippen LogP contribution in [0.25, 0.3) is 22.0 Å². The molecule has 4 nitrogen and oxygen atoms in total. The Hall–Kier alpha value is -2.28. The minimum absolute atomic E-state index is 0.0347. The van der Waals surface area contributed by atoms with E-state index in [4.69, 9.17) is 5.10 Å². The van der Waals surface area contributed by atoms with Crippen molar-refractivity contribution < 1.29 is 0 Å². The van der Waals surface area contributed by atoms with Crippen LogP contribution in [0, 0.1) is 0 Å². The summed E-state index contributed by atoms with van der Waals surface area (Å²) in [5.74, 6) is 0. The van der Waals surface area contributed by atoms with E-state index in [0.717, 1.165) is 40.6 Å². The maximum atomic E-state index is 13.1. The number of hydrogen-bond donors (Lipinski definition) is 0. The Labute approximate surface area is 175 Å². The van der Waals surface area contributed by atoms with Gasteiger partial charge in [-0.3, -0.25) is 9.69 Å². The van der Waals surface area contributed by atoms with E-state index >= 15 is 0 Å². The Bertz CT molecular complexity index is 1210. The normalized spacial score (nSPS) is 14.3. The summed E-state index contributed by atoms with van der Waals surface area (Å²) in [6.45, 7) is 2.32. The monoisotopic (exact) mass is 451 g/mol. The number of thiophene rings is 1. The zero-order valence-corrected chi connectivity index (χ0v) is 17.5. The molecule has 0 fully saturated rings. The third-order valence-electron chi connectivity index (χ3n) is 5.21. The van der Waals surface area contributed by atoms with Gasteiger partial charge in [-0.25, -0.2) is 4.68 Å². The van der Waals surface area contributed by atoms with E-state index in [9.17, 15) is 4.79 Å². The molecule has 0 amide bonds. The predicted octanol–water partition coefficient (Wildman–Crippen LogP) is 4.90. The van der Waals surface area contributed by atoms with Gasteiger partial charge in [-0.05, 0) is 41.6 Å². The molecular formula is C22H18BrN3OS. The second kappa shape index (κ2) is 7.28. The van der Waals surface area contributed by atoms with Gasteiger partial charge >= 0.3 is 0 Å². The highest BCUT2D eigenvalue weighted by molar-refractivity contribution is 9.10. The van der Waals surface area contributed by atoms with E-state index in [-0.39, 0.29) is 5.56 Å². The second-order valence-corrected chi connectivity index (χ2v) is 8.94. The van der Waals surface area contributed by atoms with Crippen molar-refractivity contribution in [2.75, 3.05) is 6.54 Å². The van der Waals surface area contributed by atoms with E-state index in [1.54, 1.807) is 4.68 Å². The molecule has 0 N–H and O–H groups in total. The SMILES string of the molecule is O=c1c2ccccc2c(-c2ccc(Br)cc2)nn1CN1CCc2sccc2C1. The van der Waals surface area contributed by atoms with Gasteiger partial charge in [-0.1, -0.05) is 46.3 Å². The fourth-order valence-electron chi connectivity index (χ4n) is 3.77. The Morgan fingerprint density at radius 2 is 1.82 bits per heavy atom. The van der Waals surface area contributed by atoms with Crippen LogP contribution in [-0.2, 0) is 19.6 Å². The lowest BCUT2D eigenvalue weighted by Gasteiger charge is -2.27. The van der Waals surface area contributed by atoms with Gasteiger partial charge in [0, 0.05) is 33.4 Å². The molecular weight excluding hydrogens is 434 g/mol. The number of fused-ring (bicyclic) bond motifs is 2. The molecule has 2 aromatic heterocycles. The molecule has 5 rings (SSSR count). The van der Waals surface area contributed by atoms with Gasteiger partial charge in [0.15, 0.2) is 0 Å². The van der Waals surface area contributed by atoms with Gasteiger partial charge in [0.2, 0.25) is 0 Å². The summed E-state index contributed by atoms with van der Waals surface area (Å²) in [5.41, 5.74) is 3.19. The largest absolute Gasteiger partial charge is 0.280 e. The van der Waals surface area contributed by atoms with E-state index < -0.39 is 0 Å². The molecule has 0 saturated carbocycles. The molecule has 2 aromatic carbocycles. The maximum Gasteiger partial charge on any atom is 0.275 e. The standard InChI is InChI=1S/C22H18BrN3OS/c23-17-7-5-15(6-8-17)21-18-3-1-2-4-19(18)22(27)26(24-21)14-25-11-9-20-16(13-25)10-12-28-20/h1-8,10,12H,9,11,13-14H2. The van der Waals surface area contributed by atoms with Crippen molar-refractivity contribution in [3.63, 3.8) is 0 Å². The average molecular weight is 452 g/mol. The van der Waals surface area contributed by atoms with Crippen molar-refractivity contribution in [3.05, 3.63) is 85.2 Å². The quantitative estimate of drug-likeness (QED) is 0.444. The summed E-state index contributed by atoms with van der Waals surface area (Å²) in [5, 5.41) is 8.55. The van der Waals surface area contributed by atoms with Gasteiger partial charge in [0.05, 0.1) is 17.7 Å². The van der Waals surface area contributed by atoms with E-state index in [2.05, 4.69) is 32.3 Å². The lowest BCUT2D eigenvalue weighted by atomic mass is 10.1. The summed E-state index contributed by atoms with van der Waals surface area (Å²) in [4.78, 5) is 16.9. The number of rotatable bonds is 3. The van der Waals surface area contributed by atoms with Crippen LogP contribution in [0.4, 0.5) is 0 Å². The number of nitrogens with zero attached hydrogens (tertiary/aromatic N) is 3. The van der Waals surface area contributed by atoms with Crippen LogP contribution in [0.15, 0.2) is 69.2 Å². The van der Waals surface area contributed by atoms with Crippen molar-refractivity contribution in [2.45, 2.75) is 19.6 Å². The van der Waals surface area contributed by atoms with E-state index in [1.807, 2.05) is 59.9 Å². The van der Waals surface area contributed by atoms with Crippen LogP contribution in [0.3, 0.4) is 0 Å². The fraction of sp³-hybridized carbons (Fsp3) is 0.182. The highest BCUT2D eigenvalue weighted by atomic mass is 79.9. The first-order valence-corrected chi connectivity index (χ1v) is 10.9. The Morgan fingerprint density at radius 1 is 1.04 bits per heavy atom.